The van der Waals surface area contributed by atoms with Gasteiger partial charge in [0.15, 0.2) is 0 Å². The van der Waals surface area contributed by atoms with Crippen molar-refractivity contribution in [2.45, 2.75) is 50.7 Å². The van der Waals surface area contributed by atoms with Gasteiger partial charge >= 0.3 is 0 Å². The van der Waals surface area contributed by atoms with Gasteiger partial charge in [0.2, 0.25) is 0 Å². The van der Waals surface area contributed by atoms with E-state index in [0.717, 1.165) is 23.5 Å². The highest BCUT2D eigenvalue weighted by Gasteiger charge is 2.32. The van der Waals surface area contributed by atoms with Crippen molar-refractivity contribution in [2.24, 2.45) is 11.7 Å². The summed E-state index contributed by atoms with van der Waals surface area (Å²) in [5, 5.41) is 0. The number of ether oxygens (including phenoxy) is 2. The van der Waals surface area contributed by atoms with Gasteiger partial charge in [-0.15, -0.1) is 0 Å². The van der Waals surface area contributed by atoms with Crippen molar-refractivity contribution in [3.63, 3.8) is 0 Å². The van der Waals surface area contributed by atoms with Gasteiger partial charge in [0.05, 0.1) is 7.11 Å². The van der Waals surface area contributed by atoms with E-state index in [2.05, 4.69) is 0 Å². The molecule has 19 heavy (non-hydrogen) atoms. The van der Waals surface area contributed by atoms with Gasteiger partial charge in [0, 0.05) is 18.0 Å². The Hall–Kier alpha value is -1.22. The summed E-state index contributed by atoms with van der Waals surface area (Å²) in [5.41, 5.74) is 7.42. The number of benzene rings is 1. The van der Waals surface area contributed by atoms with Crippen molar-refractivity contribution in [1.29, 1.82) is 0 Å². The van der Waals surface area contributed by atoms with E-state index < -0.39 is 0 Å². The predicted octanol–water partition coefficient (Wildman–Crippen LogP) is 3.43. The quantitative estimate of drug-likeness (QED) is 0.887. The molecule has 1 aliphatic carbocycles. The van der Waals surface area contributed by atoms with Gasteiger partial charge in [-0.1, -0.05) is 19.3 Å². The molecule has 1 saturated carbocycles. The Labute approximate surface area is 115 Å². The van der Waals surface area contributed by atoms with Crippen LogP contribution in [-0.4, -0.2) is 13.2 Å². The molecule has 1 fully saturated rings. The molecular weight excluding hydrogens is 238 g/mol. The maximum absolute atomic E-state index is 6.33. The van der Waals surface area contributed by atoms with E-state index >= 15 is 0 Å². The van der Waals surface area contributed by atoms with Crippen LogP contribution in [0.25, 0.3) is 0 Å². The SMILES string of the molecule is COc1ccc2c(c1)C(N)CC(C1CCCCC1)O2. The Morgan fingerprint density at radius 2 is 2.00 bits per heavy atom. The second-order valence-electron chi connectivity index (χ2n) is 5.80. The van der Waals surface area contributed by atoms with Gasteiger partial charge in [-0.3, -0.25) is 0 Å². The number of rotatable bonds is 2. The van der Waals surface area contributed by atoms with E-state index in [0.29, 0.717) is 12.0 Å². The van der Waals surface area contributed by atoms with Crippen LogP contribution >= 0.6 is 0 Å². The highest BCUT2D eigenvalue weighted by molar-refractivity contribution is 5.43. The topological polar surface area (TPSA) is 44.5 Å². The first-order valence-corrected chi connectivity index (χ1v) is 7.38. The van der Waals surface area contributed by atoms with E-state index in [9.17, 15) is 0 Å². The molecule has 1 aliphatic heterocycles. The molecule has 1 aromatic rings. The highest BCUT2D eigenvalue weighted by Crippen LogP contribution is 2.40. The lowest BCUT2D eigenvalue weighted by Gasteiger charge is -2.36. The van der Waals surface area contributed by atoms with Crippen LogP contribution in [0.2, 0.25) is 0 Å². The van der Waals surface area contributed by atoms with Crippen LogP contribution in [0, 0.1) is 5.92 Å². The molecule has 1 aromatic carbocycles. The summed E-state index contributed by atoms with van der Waals surface area (Å²) >= 11 is 0. The van der Waals surface area contributed by atoms with Crippen molar-refractivity contribution in [1.82, 2.24) is 0 Å². The second kappa shape index (κ2) is 5.41. The monoisotopic (exact) mass is 261 g/mol. The van der Waals surface area contributed by atoms with E-state index in [1.54, 1.807) is 7.11 Å². The number of fused-ring (bicyclic) bond motifs is 1. The first kappa shape index (κ1) is 12.8. The first-order chi connectivity index (χ1) is 9.28. The minimum absolute atomic E-state index is 0.0748. The van der Waals surface area contributed by atoms with Gasteiger partial charge in [-0.25, -0.2) is 0 Å². The smallest absolute Gasteiger partial charge is 0.124 e. The first-order valence-electron chi connectivity index (χ1n) is 7.38. The van der Waals surface area contributed by atoms with E-state index in [-0.39, 0.29) is 6.04 Å². The zero-order chi connectivity index (χ0) is 13.2. The normalized spacial score (nSPS) is 27.5. The van der Waals surface area contributed by atoms with Crippen LogP contribution in [0.4, 0.5) is 0 Å². The van der Waals surface area contributed by atoms with Crippen molar-refractivity contribution in [3.05, 3.63) is 23.8 Å². The zero-order valence-electron chi connectivity index (χ0n) is 11.6. The summed E-state index contributed by atoms with van der Waals surface area (Å²) in [6.45, 7) is 0. The highest BCUT2D eigenvalue weighted by atomic mass is 16.5. The largest absolute Gasteiger partial charge is 0.497 e. The molecule has 2 atom stereocenters. The second-order valence-corrected chi connectivity index (χ2v) is 5.80. The summed E-state index contributed by atoms with van der Waals surface area (Å²) in [7, 11) is 1.68. The Morgan fingerprint density at radius 3 is 2.74 bits per heavy atom. The molecule has 0 saturated heterocycles. The fraction of sp³-hybridized carbons (Fsp3) is 0.625. The number of hydrogen-bond acceptors (Lipinski definition) is 3. The molecule has 2 unspecified atom stereocenters. The van der Waals surface area contributed by atoms with Crippen molar-refractivity contribution in [3.8, 4) is 11.5 Å². The van der Waals surface area contributed by atoms with Gasteiger partial charge in [-0.2, -0.15) is 0 Å². The molecule has 0 spiro atoms. The summed E-state index contributed by atoms with van der Waals surface area (Å²) < 4.78 is 11.5. The van der Waals surface area contributed by atoms with Crippen LogP contribution in [0.15, 0.2) is 18.2 Å². The third kappa shape index (κ3) is 2.57. The number of methoxy groups -OCH3 is 1. The Bertz CT molecular complexity index is 440. The zero-order valence-corrected chi connectivity index (χ0v) is 11.6. The molecule has 0 aromatic heterocycles. The lowest BCUT2D eigenvalue weighted by molar-refractivity contribution is 0.0783. The third-order valence-electron chi connectivity index (χ3n) is 4.56. The minimum Gasteiger partial charge on any atom is -0.497 e. The molecule has 0 amide bonds. The average molecular weight is 261 g/mol. The van der Waals surface area contributed by atoms with Gasteiger partial charge < -0.3 is 15.2 Å². The Morgan fingerprint density at radius 1 is 1.21 bits per heavy atom. The van der Waals surface area contributed by atoms with Gasteiger partial charge in [-0.05, 0) is 37.0 Å². The van der Waals surface area contributed by atoms with Crippen molar-refractivity contribution in [2.75, 3.05) is 7.11 Å². The summed E-state index contributed by atoms with van der Waals surface area (Å²) in [5.74, 6) is 2.50. The summed E-state index contributed by atoms with van der Waals surface area (Å²) in [6.07, 6.45) is 7.89. The molecule has 3 nitrogen and oxygen atoms in total. The Kier molecular flexibility index (Phi) is 3.65. The molecule has 2 aliphatic rings. The maximum atomic E-state index is 6.33. The number of nitrogens with two attached hydrogens (primary N) is 1. The maximum Gasteiger partial charge on any atom is 0.124 e. The van der Waals surface area contributed by atoms with Crippen LogP contribution in [0.3, 0.4) is 0 Å². The lowest BCUT2D eigenvalue weighted by Crippen LogP contribution is -2.36. The van der Waals surface area contributed by atoms with Crippen molar-refractivity contribution < 1.29 is 9.47 Å². The predicted molar refractivity (Wildman–Crippen MR) is 75.5 cm³/mol. The fourth-order valence-corrected chi connectivity index (χ4v) is 3.43. The molecular formula is C16H23NO2. The van der Waals surface area contributed by atoms with E-state index in [4.69, 9.17) is 15.2 Å². The lowest BCUT2D eigenvalue weighted by atomic mass is 9.81. The number of hydrogen-bond donors (Lipinski definition) is 1. The van der Waals surface area contributed by atoms with Crippen LogP contribution < -0.4 is 15.2 Å². The fourth-order valence-electron chi connectivity index (χ4n) is 3.43. The molecule has 3 rings (SSSR count). The van der Waals surface area contributed by atoms with Gasteiger partial charge in [0.1, 0.15) is 17.6 Å². The molecule has 3 heteroatoms. The van der Waals surface area contributed by atoms with E-state index in [1.807, 2.05) is 18.2 Å². The third-order valence-corrected chi connectivity index (χ3v) is 4.56. The molecule has 0 bridgehead atoms. The summed E-state index contributed by atoms with van der Waals surface area (Å²) in [4.78, 5) is 0. The molecule has 104 valence electrons. The minimum atomic E-state index is 0.0748. The van der Waals surface area contributed by atoms with Crippen molar-refractivity contribution >= 4 is 0 Å². The summed E-state index contributed by atoms with van der Waals surface area (Å²) in [6, 6.07) is 6.04. The van der Waals surface area contributed by atoms with E-state index in [1.165, 1.54) is 32.1 Å². The molecule has 0 radical (unpaired) electrons. The van der Waals surface area contributed by atoms with Crippen LogP contribution in [-0.2, 0) is 0 Å². The Balaban J connectivity index is 1.79. The van der Waals surface area contributed by atoms with Gasteiger partial charge in [0.25, 0.3) is 0 Å². The van der Waals surface area contributed by atoms with Crippen LogP contribution in [0.1, 0.15) is 50.1 Å². The standard InChI is InChI=1S/C16H23NO2/c1-18-12-7-8-15-13(9-12)14(17)10-16(19-15)11-5-3-2-4-6-11/h7-9,11,14,16H,2-6,10,17H2,1H3. The average Bonchev–Trinajstić information content (AvgIpc) is 2.48. The van der Waals surface area contributed by atoms with Crippen LogP contribution in [0.5, 0.6) is 11.5 Å². The molecule has 2 N–H and O–H groups in total. The molecule has 1 heterocycles.